The highest BCUT2D eigenvalue weighted by molar-refractivity contribution is 4.78. The molecular formula is C12H24N2O. The predicted molar refractivity (Wildman–Crippen MR) is 62.5 cm³/mol. The molecule has 0 amide bonds. The quantitative estimate of drug-likeness (QED) is 0.671. The predicted octanol–water partition coefficient (Wildman–Crippen LogP) is 2.19. The monoisotopic (exact) mass is 212 g/mol. The molecular weight excluding hydrogens is 188 g/mol. The van der Waals surface area contributed by atoms with Gasteiger partial charge >= 0.3 is 0 Å². The second kappa shape index (κ2) is 7.67. The largest absolute Gasteiger partial charge is 0.384 e. The molecule has 0 spiro atoms. The van der Waals surface area contributed by atoms with Gasteiger partial charge in [0.2, 0.25) is 0 Å². The lowest BCUT2D eigenvalue weighted by molar-refractivity contribution is 0.156. The van der Waals surface area contributed by atoms with Crippen LogP contribution in [0.3, 0.4) is 0 Å². The highest BCUT2D eigenvalue weighted by atomic mass is 16.5. The molecule has 3 nitrogen and oxygen atoms in total. The van der Waals surface area contributed by atoms with E-state index in [9.17, 15) is 0 Å². The fraction of sp³-hybridized carbons (Fsp3) is 0.917. The molecule has 1 N–H and O–H groups in total. The first-order valence-corrected chi connectivity index (χ1v) is 5.58. The molecule has 1 unspecified atom stereocenters. The molecule has 0 saturated carbocycles. The first-order valence-electron chi connectivity index (χ1n) is 5.58. The molecule has 88 valence electrons. The Balaban J connectivity index is 3.61. The van der Waals surface area contributed by atoms with Gasteiger partial charge < -0.3 is 10.1 Å². The SMILES string of the molecule is COCC(C)CNCC(C)(C)CCC#N. The van der Waals surface area contributed by atoms with Crippen molar-refractivity contribution in [1.29, 1.82) is 5.26 Å². The van der Waals surface area contributed by atoms with E-state index in [1.807, 2.05) is 0 Å². The Kier molecular flexibility index (Phi) is 7.37. The molecule has 3 heteroatoms. The van der Waals surface area contributed by atoms with E-state index in [-0.39, 0.29) is 5.41 Å². The summed E-state index contributed by atoms with van der Waals surface area (Å²) in [5, 5.41) is 12.0. The van der Waals surface area contributed by atoms with E-state index < -0.39 is 0 Å². The van der Waals surface area contributed by atoms with Gasteiger partial charge in [-0.1, -0.05) is 20.8 Å². The minimum Gasteiger partial charge on any atom is -0.384 e. The van der Waals surface area contributed by atoms with Crippen LogP contribution in [0.1, 0.15) is 33.6 Å². The summed E-state index contributed by atoms with van der Waals surface area (Å²) in [7, 11) is 1.73. The molecule has 0 rings (SSSR count). The van der Waals surface area contributed by atoms with Crippen LogP contribution >= 0.6 is 0 Å². The first-order chi connectivity index (χ1) is 7.02. The Bertz CT molecular complexity index is 196. The van der Waals surface area contributed by atoms with Gasteiger partial charge in [0.15, 0.2) is 0 Å². The number of nitriles is 1. The molecule has 0 saturated heterocycles. The second-order valence-corrected chi connectivity index (χ2v) is 5.01. The van der Waals surface area contributed by atoms with Gasteiger partial charge in [-0.3, -0.25) is 0 Å². The van der Waals surface area contributed by atoms with Crippen molar-refractivity contribution in [3.8, 4) is 6.07 Å². The van der Waals surface area contributed by atoms with Gasteiger partial charge in [-0.2, -0.15) is 5.26 Å². The van der Waals surface area contributed by atoms with E-state index in [0.717, 1.165) is 26.1 Å². The number of rotatable bonds is 8. The number of nitrogens with one attached hydrogen (secondary N) is 1. The topological polar surface area (TPSA) is 45.0 Å². The van der Waals surface area contributed by atoms with Crippen LogP contribution in [-0.2, 0) is 4.74 Å². The number of hydrogen-bond acceptors (Lipinski definition) is 3. The lowest BCUT2D eigenvalue weighted by Gasteiger charge is -2.24. The molecule has 0 bridgehead atoms. The van der Waals surface area contributed by atoms with Crippen molar-refractivity contribution >= 4 is 0 Å². The van der Waals surface area contributed by atoms with Crippen LogP contribution in [0.2, 0.25) is 0 Å². The Morgan fingerprint density at radius 1 is 1.47 bits per heavy atom. The molecule has 0 radical (unpaired) electrons. The van der Waals surface area contributed by atoms with E-state index in [0.29, 0.717) is 12.3 Å². The first kappa shape index (κ1) is 14.4. The summed E-state index contributed by atoms with van der Waals surface area (Å²) in [5.74, 6) is 0.543. The van der Waals surface area contributed by atoms with Crippen LogP contribution in [0, 0.1) is 22.7 Å². The molecule has 0 aliphatic heterocycles. The van der Waals surface area contributed by atoms with E-state index in [2.05, 4.69) is 32.2 Å². The molecule has 0 aliphatic rings. The lowest BCUT2D eigenvalue weighted by Crippen LogP contribution is -2.33. The Morgan fingerprint density at radius 2 is 2.13 bits per heavy atom. The third kappa shape index (κ3) is 8.41. The van der Waals surface area contributed by atoms with Gasteiger partial charge in [0.1, 0.15) is 0 Å². The fourth-order valence-corrected chi connectivity index (χ4v) is 1.48. The van der Waals surface area contributed by atoms with Gasteiger partial charge in [-0.05, 0) is 24.3 Å². The van der Waals surface area contributed by atoms with Crippen molar-refractivity contribution in [1.82, 2.24) is 5.32 Å². The zero-order chi connectivity index (χ0) is 11.7. The van der Waals surface area contributed by atoms with Crippen molar-refractivity contribution in [3.63, 3.8) is 0 Å². The average molecular weight is 212 g/mol. The van der Waals surface area contributed by atoms with E-state index in [1.54, 1.807) is 7.11 Å². The molecule has 0 aromatic rings. The van der Waals surface area contributed by atoms with Crippen molar-refractivity contribution < 1.29 is 4.74 Å². The zero-order valence-corrected chi connectivity index (χ0v) is 10.5. The lowest BCUT2D eigenvalue weighted by atomic mass is 9.88. The highest BCUT2D eigenvalue weighted by Crippen LogP contribution is 2.20. The number of ether oxygens (including phenoxy) is 1. The third-order valence-electron chi connectivity index (χ3n) is 2.46. The Hall–Kier alpha value is -0.590. The number of hydrogen-bond donors (Lipinski definition) is 1. The van der Waals surface area contributed by atoms with E-state index in [4.69, 9.17) is 10.00 Å². The minimum atomic E-state index is 0.211. The van der Waals surface area contributed by atoms with Crippen molar-refractivity contribution in [2.75, 3.05) is 26.8 Å². The van der Waals surface area contributed by atoms with E-state index >= 15 is 0 Å². The van der Waals surface area contributed by atoms with Crippen LogP contribution in [0.5, 0.6) is 0 Å². The van der Waals surface area contributed by atoms with Crippen molar-refractivity contribution in [3.05, 3.63) is 0 Å². The second-order valence-electron chi connectivity index (χ2n) is 5.01. The third-order valence-corrected chi connectivity index (χ3v) is 2.46. The molecule has 1 atom stereocenters. The van der Waals surface area contributed by atoms with Crippen molar-refractivity contribution in [2.45, 2.75) is 33.6 Å². The summed E-state index contributed by atoms with van der Waals surface area (Å²) >= 11 is 0. The average Bonchev–Trinajstić information content (AvgIpc) is 2.15. The summed E-state index contributed by atoms with van der Waals surface area (Å²) in [6.45, 7) is 9.29. The van der Waals surface area contributed by atoms with Crippen LogP contribution in [0.4, 0.5) is 0 Å². The molecule has 15 heavy (non-hydrogen) atoms. The van der Waals surface area contributed by atoms with Crippen LogP contribution < -0.4 is 5.32 Å². The van der Waals surface area contributed by atoms with Gasteiger partial charge in [0.05, 0.1) is 6.07 Å². The van der Waals surface area contributed by atoms with Crippen LogP contribution in [0.15, 0.2) is 0 Å². The molecule has 0 fully saturated rings. The minimum absolute atomic E-state index is 0.211. The summed E-state index contributed by atoms with van der Waals surface area (Å²) in [4.78, 5) is 0. The van der Waals surface area contributed by atoms with E-state index in [1.165, 1.54) is 0 Å². The number of methoxy groups -OCH3 is 1. The maximum absolute atomic E-state index is 8.53. The maximum Gasteiger partial charge on any atom is 0.0621 e. The normalized spacial score (nSPS) is 13.5. The molecule has 0 aliphatic carbocycles. The van der Waals surface area contributed by atoms with Crippen LogP contribution in [0.25, 0.3) is 0 Å². The summed E-state index contributed by atoms with van der Waals surface area (Å²) in [5.41, 5.74) is 0.211. The Labute approximate surface area is 93.8 Å². The maximum atomic E-state index is 8.53. The molecule has 0 aromatic carbocycles. The standard InChI is InChI=1S/C12H24N2O/c1-11(9-15-4)8-14-10-12(2,3)6-5-7-13/h11,14H,5-6,8-10H2,1-4H3. The molecule has 0 aromatic heterocycles. The Morgan fingerprint density at radius 3 is 2.67 bits per heavy atom. The fourth-order valence-electron chi connectivity index (χ4n) is 1.48. The van der Waals surface area contributed by atoms with Gasteiger partial charge in [-0.25, -0.2) is 0 Å². The van der Waals surface area contributed by atoms with Gasteiger partial charge in [0.25, 0.3) is 0 Å². The van der Waals surface area contributed by atoms with Gasteiger partial charge in [-0.15, -0.1) is 0 Å². The van der Waals surface area contributed by atoms with Crippen LogP contribution in [-0.4, -0.2) is 26.8 Å². The smallest absolute Gasteiger partial charge is 0.0621 e. The summed E-state index contributed by atoms with van der Waals surface area (Å²) in [6.07, 6.45) is 1.59. The summed E-state index contributed by atoms with van der Waals surface area (Å²) < 4.78 is 5.07. The zero-order valence-electron chi connectivity index (χ0n) is 10.5. The number of nitrogens with zero attached hydrogens (tertiary/aromatic N) is 1. The molecule has 0 heterocycles. The highest BCUT2D eigenvalue weighted by Gasteiger charge is 2.16. The van der Waals surface area contributed by atoms with Crippen molar-refractivity contribution in [2.24, 2.45) is 11.3 Å². The summed E-state index contributed by atoms with van der Waals surface area (Å²) in [6, 6.07) is 2.20. The van der Waals surface area contributed by atoms with Gasteiger partial charge in [0, 0.05) is 26.7 Å².